The normalized spacial score (nSPS) is 17.9. The summed E-state index contributed by atoms with van der Waals surface area (Å²) in [4.78, 5) is 26.2. The monoisotopic (exact) mass is 286 g/mol. The van der Waals surface area contributed by atoms with E-state index in [1.807, 2.05) is 13.0 Å². The van der Waals surface area contributed by atoms with Crippen molar-refractivity contribution in [1.29, 1.82) is 5.26 Å². The van der Waals surface area contributed by atoms with Gasteiger partial charge in [-0.2, -0.15) is 5.26 Å². The second-order valence-corrected chi connectivity index (χ2v) is 4.80. The molecule has 2 amide bonds. The summed E-state index contributed by atoms with van der Waals surface area (Å²) in [5.74, 6) is -0.330. The molecule has 2 rings (SSSR count). The summed E-state index contributed by atoms with van der Waals surface area (Å²) in [7, 11) is 0. The van der Waals surface area contributed by atoms with E-state index >= 15 is 0 Å². The second-order valence-electron chi connectivity index (χ2n) is 4.80. The van der Waals surface area contributed by atoms with Crippen molar-refractivity contribution < 1.29 is 9.59 Å². The van der Waals surface area contributed by atoms with Crippen molar-refractivity contribution in [2.75, 3.05) is 26.2 Å². The number of hydrogen-bond donors (Lipinski definition) is 2. The van der Waals surface area contributed by atoms with E-state index in [0.29, 0.717) is 37.3 Å². The van der Waals surface area contributed by atoms with Crippen LogP contribution in [0.2, 0.25) is 0 Å². The Morgan fingerprint density at radius 2 is 2.14 bits per heavy atom. The average Bonchev–Trinajstić information content (AvgIpc) is 2.54. The molecule has 2 N–H and O–H groups in total. The lowest BCUT2D eigenvalue weighted by Crippen LogP contribution is -2.59. The predicted molar refractivity (Wildman–Crippen MR) is 77.5 cm³/mol. The third kappa shape index (κ3) is 3.38. The summed E-state index contributed by atoms with van der Waals surface area (Å²) in [6.07, 6.45) is 0. The molecule has 0 spiro atoms. The van der Waals surface area contributed by atoms with Crippen molar-refractivity contribution in [2.24, 2.45) is 0 Å². The lowest BCUT2D eigenvalue weighted by Gasteiger charge is -2.35. The number of rotatable bonds is 3. The van der Waals surface area contributed by atoms with Crippen molar-refractivity contribution in [3.8, 4) is 6.07 Å². The fraction of sp³-hybridized carbons (Fsp3) is 0.400. The molecule has 21 heavy (non-hydrogen) atoms. The summed E-state index contributed by atoms with van der Waals surface area (Å²) in [6.45, 7) is 3.99. The Kier molecular flexibility index (Phi) is 4.90. The molecular formula is C15H18N4O2. The van der Waals surface area contributed by atoms with Crippen LogP contribution >= 0.6 is 0 Å². The van der Waals surface area contributed by atoms with Crippen molar-refractivity contribution in [3.63, 3.8) is 0 Å². The average molecular weight is 286 g/mol. The van der Waals surface area contributed by atoms with Gasteiger partial charge in [-0.1, -0.05) is 0 Å². The van der Waals surface area contributed by atoms with E-state index < -0.39 is 6.04 Å². The third-order valence-corrected chi connectivity index (χ3v) is 3.42. The molecule has 0 aromatic heterocycles. The summed E-state index contributed by atoms with van der Waals surface area (Å²) in [5.41, 5.74) is 0.998. The van der Waals surface area contributed by atoms with Gasteiger partial charge in [-0.05, 0) is 31.2 Å². The fourth-order valence-electron chi connectivity index (χ4n) is 2.33. The van der Waals surface area contributed by atoms with Gasteiger partial charge in [0, 0.05) is 31.7 Å². The van der Waals surface area contributed by atoms with Crippen LogP contribution in [-0.4, -0.2) is 48.9 Å². The van der Waals surface area contributed by atoms with E-state index in [9.17, 15) is 9.59 Å². The molecule has 0 aliphatic carbocycles. The molecule has 1 aromatic rings. The lowest BCUT2D eigenvalue weighted by molar-refractivity contribution is -0.126. The maximum absolute atomic E-state index is 12.6. The van der Waals surface area contributed by atoms with Gasteiger partial charge in [0.25, 0.3) is 5.91 Å². The zero-order valence-electron chi connectivity index (χ0n) is 11.9. The molecule has 1 atom stereocenters. The number of carbonyl (C=O) groups excluding carboxylic acids is 2. The molecule has 1 heterocycles. The summed E-state index contributed by atoms with van der Waals surface area (Å²) >= 11 is 0. The first-order chi connectivity index (χ1) is 10.2. The Hall–Kier alpha value is -2.39. The highest BCUT2D eigenvalue weighted by atomic mass is 16.2. The Morgan fingerprint density at radius 1 is 1.43 bits per heavy atom. The van der Waals surface area contributed by atoms with Gasteiger partial charge in [-0.25, -0.2) is 0 Å². The number of amides is 2. The largest absolute Gasteiger partial charge is 0.355 e. The maximum Gasteiger partial charge on any atom is 0.254 e. The zero-order valence-corrected chi connectivity index (χ0v) is 11.9. The molecule has 0 radical (unpaired) electrons. The SMILES string of the molecule is CCNC(=O)C1CNCCN1C(=O)c1ccc(C#N)cc1. The predicted octanol–water partition coefficient (Wildman–Crippen LogP) is 0.108. The molecule has 1 aliphatic rings. The molecule has 6 nitrogen and oxygen atoms in total. The third-order valence-electron chi connectivity index (χ3n) is 3.42. The molecule has 0 bridgehead atoms. The molecule has 1 unspecified atom stereocenters. The Bertz CT molecular complexity index is 562. The van der Waals surface area contributed by atoms with Gasteiger partial charge in [0.1, 0.15) is 6.04 Å². The second kappa shape index (κ2) is 6.86. The molecule has 110 valence electrons. The van der Waals surface area contributed by atoms with Crippen LogP contribution in [0.4, 0.5) is 0 Å². The highest BCUT2D eigenvalue weighted by Gasteiger charge is 2.32. The van der Waals surface area contributed by atoms with Crippen LogP contribution in [0, 0.1) is 11.3 Å². The summed E-state index contributed by atoms with van der Waals surface area (Å²) < 4.78 is 0. The van der Waals surface area contributed by atoms with E-state index in [0.717, 1.165) is 0 Å². The van der Waals surface area contributed by atoms with Gasteiger partial charge >= 0.3 is 0 Å². The molecule has 0 saturated carbocycles. The molecule has 1 aromatic carbocycles. The van der Waals surface area contributed by atoms with Crippen molar-refractivity contribution in [3.05, 3.63) is 35.4 Å². The van der Waals surface area contributed by atoms with Crippen molar-refractivity contribution in [2.45, 2.75) is 13.0 Å². The highest BCUT2D eigenvalue weighted by Crippen LogP contribution is 2.12. The number of nitriles is 1. The molecule has 1 fully saturated rings. The van der Waals surface area contributed by atoms with E-state index in [1.165, 1.54) is 0 Å². The number of nitrogens with one attached hydrogen (secondary N) is 2. The lowest BCUT2D eigenvalue weighted by atomic mass is 10.1. The van der Waals surface area contributed by atoms with Crippen LogP contribution in [0.25, 0.3) is 0 Å². The van der Waals surface area contributed by atoms with E-state index in [4.69, 9.17) is 5.26 Å². The minimum Gasteiger partial charge on any atom is -0.355 e. The van der Waals surface area contributed by atoms with Crippen LogP contribution in [0.15, 0.2) is 24.3 Å². The van der Waals surface area contributed by atoms with Gasteiger partial charge in [0.05, 0.1) is 11.6 Å². The summed E-state index contributed by atoms with van der Waals surface area (Å²) in [5, 5.41) is 14.7. The van der Waals surface area contributed by atoms with Crippen LogP contribution in [0.5, 0.6) is 0 Å². The first kappa shape index (κ1) is 15.0. The first-order valence-electron chi connectivity index (χ1n) is 6.97. The number of likely N-dealkylation sites (N-methyl/N-ethyl adjacent to an activating group) is 1. The molecule has 1 saturated heterocycles. The molecule has 1 aliphatic heterocycles. The molecule has 6 heteroatoms. The zero-order chi connectivity index (χ0) is 15.2. The van der Waals surface area contributed by atoms with Gasteiger partial charge < -0.3 is 15.5 Å². The first-order valence-corrected chi connectivity index (χ1v) is 6.97. The van der Waals surface area contributed by atoms with Crippen LogP contribution in [0.1, 0.15) is 22.8 Å². The van der Waals surface area contributed by atoms with E-state index in [-0.39, 0.29) is 11.8 Å². The topological polar surface area (TPSA) is 85.2 Å². The van der Waals surface area contributed by atoms with E-state index in [2.05, 4.69) is 10.6 Å². The van der Waals surface area contributed by atoms with E-state index in [1.54, 1.807) is 29.2 Å². The number of hydrogen-bond acceptors (Lipinski definition) is 4. The van der Waals surface area contributed by atoms with Gasteiger partial charge in [-0.15, -0.1) is 0 Å². The fourth-order valence-corrected chi connectivity index (χ4v) is 2.33. The smallest absolute Gasteiger partial charge is 0.254 e. The van der Waals surface area contributed by atoms with Gasteiger partial charge in [-0.3, -0.25) is 9.59 Å². The van der Waals surface area contributed by atoms with Gasteiger partial charge in [0.15, 0.2) is 0 Å². The van der Waals surface area contributed by atoms with Crippen LogP contribution in [0.3, 0.4) is 0 Å². The van der Waals surface area contributed by atoms with Crippen LogP contribution in [-0.2, 0) is 4.79 Å². The minimum absolute atomic E-state index is 0.147. The van der Waals surface area contributed by atoms with Crippen molar-refractivity contribution in [1.82, 2.24) is 15.5 Å². The molecular weight excluding hydrogens is 268 g/mol. The van der Waals surface area contributed by atoms with Crippen LogP contribution < -0.4 is 10.6 Å². The Balaban J connectivity index is 2.18. The Labute approximate surface area is 123 Å². The van der Waals surface area contributed by atoms with Crippen molar-refractivity contribution >= 4 is 11.8 Å². The number of benzene rings is 1. The number of piperazine rings is 1. The quantitative estimate of drug-likeness (QED) is 0.826. The van der Waals surface area contributed by atoms with Gasteiger partial charge in [0.2, 0.25) is 5.91 Å². The minimum atomic E-state index is -0.498. The summed E-state index contributed by atoms with van der Waals surface area (Å²) in [6, 6.07) is 7.98. The number of carbonyl (C=O) groups is 2. The number of nitrogens with zero attached hydrogens (tertiary/aromatic N) is 2. The standard InChI is InChI=1S/C15H18N4O2/c1-2-18-14(20)13-10-17-7-8-19(13)15(21)12-5-3-11(9-16)4-6-12/h3-6,13,17H,2,7-8,10H2,1H3,(H,18,20). The maximum atomic E-state index is 12.6. The Morgan fingerprint density at radius 3 is 2.76 bits per heavy atom. The highest BCUT2D eigenvalue weighted by molar-refractivity contribution is 5.97.